The number of alkyl carbamates (subject to hydrolysis) is 1. The molecule has 0 atom stereocenters. The van der Waals surface area contributed by atoms with Gasteiger partial charge in [-0.2, -0.15) is 0 Å². The van der Waals surface area contributed by atoms with Crippen LogP contribution >= 0.6 is 0 Å². The molecule has 0 aliphatic heterocycles. The van der Waals surface area contributed by atoms with Crippen LogP contribution in [0.5, 0.6) is 0 Å². The van der Waals surface area contributed by atoms with E-state index in [1.54, 1.807) is 0 Å². The lowest BCUT2D eigenvalue weighted by Crippen LogP contribution is -2.42. The molecule has 0 bridgehead atoms. The van der Waals surface area contributed by atoms with Crippen LogP contribution in [0.15, 0.2) is 30.3 Å². The van der Waals surface area contributed by atoms with E-state index in [0.29, 0.717) is 13.1 Å². The van der Waals surface area contributed by atoms with Crippen LogP contribution < -0.4 is 11.1 Å². The molecule has 2 rings (SSSR count). The lowest BCUT2D eigenvalue weighted by Gasteiger charge is -2.39. The van der Waals surface area contributed by atoms with Crippen LogP contribution in [0.1, 0.15) is 44.6 Å². The van der Waals surface area contributed by atoms with Gasteiger partial charge in [-0.25, -0.2) is 4.79 Å². The summed E-state index contributed by atoms with van der Waals surface area (Å²) in [5.41, 5.74) is 7.41. The van der Waals surface area contributed by atoms with Crippen molar-refractivity contribution in [3.63, 3.8) is 0 Å². The van der Waals surface area contributed by atoms with E-state index in [2.05, 4.69) is 29.6 Å². The second-order valence-corrected chi connectivity index (χ2v) is 5.88. The van der Waals surface area contributed by atoms with Gasteiger partial charge in [0.15, 0.2) is 0 Å². The maximum Gasteiger partial charge on any atom is 0.407 e. The fourth-order valence-corrected chi connectivity index (χ4v) is 3.08. The Labute approximate surface area is 127 Å². The second-order valence-electron chi connectivity index (χ2n) is 5.88. The number of nitrogens with two attached hydrogens (primary N) is 1. The van der Waals surface area contributed by atoms with Gasteiger partial charge in [0, 0.05) is 18.5 Å². The Bertz CT molecular complexity index is 439. The van der Waals surface area contributed by atoms with Crippen LogP contribution in [0.2, 0.25) is 0 Å². The first-order valence-corrected chi connectivity index (χ1v) is 7.90. The van der Waals surface area contributed by atoms with Crippen molar-refractivity contribution in [3.05, 3.63) is 35.9 Å². The maximum absolute atomic E-state index is 11.6. The molecule has 1 aliphatic carbocycles. The molecule has 0 spiro atoms. The molecule has 116 valence electrons. The highest BCUT2D eigenvalue weighted by atomic mass is 16.6. The summed E-state index contributed by atoms with van der Waals surface area (Å²) in [7, 11) is 0. The van der Waals surface area contributed by atoms with E-state index in [1.165, 1.54) is 5.56 Å². The molecule has 1 fully saturated rings. The zero-order chi connectivity index (χ0) is 15.1. The van der Waals surface area contributed by atoms with Crippen molar-refractivity contribution in [2.24, 2.45) is 5.73 Å². The van der Waals surface area contributed by atoms with Crippen molar-refractivity contribution in [2.75, 3.05) is 13.1 Å². The van der Waals surface area contributed by atoms with Crippen molar-refractivity contribution < 1.29 is 9.53 Å². The molecule has 0 heterocycles. The summed E-state index contributed by atoms with van der Waals surface area (Å²) < 4.78 is 5.48. The molecule has 1 aliphatic rings. The number of nitrogens with one attached hydrogen (secondary N) is 1. The van der Waals surface area contributed by atoms with Gasteiger partial charge >= 0.3 is 6.09 Å². The average molecular weight is 290 g/mol. The van der Waals surface area contributed by atoms with Crippen LogP contribution in [0.25, 0.3) is 0 Å². The summed E-state index contributed by atoms with van der Waals surface area (Å²) in [6.45, 7) is 3.34. The predicted molar refractivity (Wildman–Crippen MR) is 84.2 cm³/mol. The summed E-state index contributed by atoms with van der Waals surface area (Å²) in [4.78, 5) is 11.6. The van der Waals surface area contributed by atoms with Gasteiger partial charge in [0.1, 0.15) is 6.10 Å². The van der Waals surface area contributed by atoms with Gasteiger partial charge in [-0.15, -0.1) is 0 Å². The first-order valence-electron chi connectivity index (χ1n) is 7.90. The van der Waals surface area contributed by atoms with Crippen LogP contribution in [-0.4, -0.2) is 25.3 Å². The largest absolute Gasteiger partial charge is 0.446 e. The maximum atomic E-state index is 11.6. The number of ether oxygens (including phenoxy) is 1. The Balaban J connectivity index is 1.91. The van der Waals surface area contributed by atoms with E-state index in [0.717, 1.165) is 32.1 Å². The normalized spacial score (nSPS) is 25.3. The van der Waals surface area contributed by atoms with E-state index in [9.17, 15) is 4.79 Å². The highest BCUT2D eigenvalue weighted by Crippen LogP contribution is 2.39. The molecule has 0 saturated heterocycles. The third kappa shape index (κ3) is 3.97. The first-order chi connectivity index (χ1) is 10.2. The van der Waals surface area contributed by atoms with Crippen LogP contribution in [0.3, 0.4) is 0 Å². The summed E-state index contributed by atoms with van der Waals surface area (Å²) >= 11 is 0. The molecule has 4 heteroatoms. The van der Waals surface area contributed by atoms with Crippen LogP contribution in [0.4, 0.5) is 4.79 Å². The molecular weight excluding hydrogens is 264 g/mol. The zero-order valence-corrected chi connectivity index (χ0v) is 12.8. The molecule has 1 saturated carbocycles. The Morgan fingerprint density at radius 1 is 1.33 bits per heavy atom. The highest BCUT2D eigenvalue weighted by molar-refractivity contribution is 5.67. The fourth-order valence-electron chi connectivity index (χ4n) is 3.08. The third-order valence-electron chi connectivity index (χ3n) is 4.46. The minimum absolute atomic E-state index is 0.0187. The number of hydrogen-bond donors (Lipinski definition) is 2. The summed E-state index contributed by atoms with van der Waals surface area (Å²) in [6, 6.07) is 10.5. The van der Waals surface area contributed by atoms with Crippen molar-refractivity contribution in [1.82, 2.24) is 5.32 Å². The van der Waals surface area contributed by atoms with Gasteiger partial charge in [-0.3, -0.25) is 0 Å². The number of carbonyl (C=O) groups is 1. The lowest BCUT2D eigenvalue weighted by atomic mass is 9.69. The van der Waals surface area contributed by atoms with Crippen molar-refractivity contribution >= 4 is 6.09 Å². The molecule has 21 heavy (non-hydrogen) atoms. The third-order valence-corrected chi connectivity index (χ3v) is 4.46. The van der Waals surface area contributed by atoms with Gasteiger partial charge < -0.3 is 15.8 Å². The van der Waals surface area contributed by atoms with Gasteiger partial charge in [0.2, 0.25) is 0 Å². The minimum atomic E-state index is -0.290. The molecule has 1 aromatic carbocycles. The van der Waals surface area contributed by atoms with Gasteiger partial charge in [-0.05, 0) is 37.7 Å². The quantitative estimate of drug-likeness (QED) is 0.876. The molecule has 0 aromatic heterocycles. The van der Waals surface area contributed by atoms with Crippen molar-refractivity contribution in [2.45, 2.75) is 50.5 Å². The summed E-state index contributed by atoms with van der Waals surface area (Å²) in [5.74, 6) is 0. The van der Waals surface area contributed by atoms with Crippen molar-refractivity contribution in [3.8, 4) is 0 Å². The highest BCUT2D eigenvalue weighted by Gasteiger charge is 2.36. The first kappa shape index (κ1) is 15.8. The predicted octanol–water partition coefficient (Wildman–Crippen LogP) is 2.96. The standard InChI is InChI=1S/C17H26N2O2/c1-2-12-19-16(20)21-15-8-10-17(13-18,11-9-15)14-6-4-3-5-7-14/h3-7,15H,2,8-13,18H2,1H3,(H,19,20). The second kappa shape index (κ2) is 7.46. The molecule has 1 aromatic rings. The SMILES string of the molecule is CCCNC(=O)OC1CCC(CN)(c2ccccc2)CC1. The van der Waals surface area contributed by atoms with Crippen LogP contribution in [-0.2, 0) is 10.2 Å². The number of amides is 1. The Hall–Kier alpha value is -1.55. The minimum Gasteiger partial charge on any atom is -0.446 e. The zero-order valence-electron chi connectivity index (χ0n) is 12.8. The Morgan fingerprint density at radius 3 is 2.57 bits per heavy atom. The van der Waals surface area contributed by atoms with E-state index >= 15 is 0 Å². The lowest BCUT2D eigenvalue weighted by molar-refractivity contribution is 0.0585. The smallest absolute Gasteiger partial charge is 0.407 e. The van der Waals surface area contributed by atoms with Gasteiger partial charge in [0.25, 0.3) is 0 Å². The molecule has 0 unspecified atom stereocenters. The summed E-state index contributed by atoms with van der Waals surface area (Å²) in [6.07, 6.45) is 4.35. The monoisotopic (exact) mass is 290 g/mol. The number of benzene rings is 1. The Morgan fingerprint density at radius 2 is 2.00 bits per heavy atom. The topological polar surface area (TPSA) is 64.3 Å². The molecular formula is C17H26N2O2. The number of carbonyl (C=O) groups excluding carboxylic acids is 1. The number of hydrogen-bond acceptors (Lipinski definition) is 3. The van der Waals surface area contributed by atoms with E-state index in [-0.39, 0.29) is 17.6 Å². The van der Waals surface area contributed by atoms with E-state index < -0.39 is 0 Å². The average Bonchev–Trinajstić information content (AvgIpc) is 2.55. The molecule has 4 nitrogen and oxygen atoms in total. The van der Waals surface area contributed by atoms with Crippen LogP contribution in [0, 0.1) is 0 Å². The molecule has 0 radical (unpaired) electrons. The summed E-state index contributed by atoms with van der Waals surface area (Å²) in [5, 5.41) is 2.76. The van der Waals surface area contributed by atoms with E-state index in [4.69, 9.17) is 10.5 Å². The molecule has 1 amide bonds. The van der Waals surface area contributed by atoms with Gasteiger partial charge in [0.05, 0.1) is 0 Å². The van der Waals surface area contributed by atoms with E-state index in [1.807, 2.05) is 13.0 Å². The van der Waals surface area contributed by atoms with Gasteiger partial charge in [-0.1, -0.05) is 37.3 Å². The number of rotatable bonds is 5. The Kier molecular flexibility index (Phi) is 5.62. The fraction of sp³-hybridized carbons (Fsp3) is 0.588. The molecule has 3 N–H and O–H groups in total. The van der Waals surface area contributed by atoms with Crippen molar-refractivity contribution in [1.29, 1.82) is 0 Å².